The molecule has 0 saturated heterocycles. The third-order valence-electron chi connectivity index (χ3n) is 3.46. The van der Waals surface area contributed by atoms with Gasteiger partial charge in [0.25, 0.3) is 0 Å². The summed E-state index contributed by atoms with van der Waals surface area (Å²) in [5.74, 6) is -0.381. The van der Waals surface area contributed by atoms with Crippen molar-refractivity contribution in [1.82, 2.24) is 0 Å². The Bertz CT molecular complexity index is 652. The summed E-state index contributed by atoms with van der Waals surface area (Å²) in [6, 6.07) is 16.8. The summed E-state index contributed by atoms with van der Waals surface area (Å²) >= 11 is 0. The lowest BCUT2D eigenvalue weighted by molar-refractivity contribution is -0.171. The minimum absolute atomic E-state index is 0.149. The Kier molecular flexibility index (Phi) is 6.86. The highest BCUT2D eigenvalue weighted by Crippen LogP contribution is 2.20. The monoisotopic (exact) mass is 352 g/mol. The van der Waals surface area contributed by atoms with Gasteiger partial charge in [-0.25, -0.2) is 0 Å². The number of Topliss-reactive ketones (excluding diaryl/α,β-unsaturated/α-hetero) is 1. The quantitative estimate of drug-likeness (QED) is 0.599. The zero-order valence-electron chi connectivity index (χ0n) is 13.6. The number of hydrogen-bond donors (Lipinski definition) is 0. The number of benzene rings is 2. The van der Waals surface area contributed by atoms with Crippen molar-refractivity contribution in [3.8, 4) is 11.5 Å². The first kappa shape index (κ1) is 18.8. The fourth-order valence-electron chi connectivity index (χ4n) is 2.09. The Labute approximate surface area is 144 Å². The van der Waals surface area contributed by atoms with Crippen molar-refractivity contribution in [1.29, 1.82) is 0 Å². The molecule has 0 heterocycles. The van der Waals surface area contributed by atoms with Crippen molar-refractivity contribution in [2.45, 2.75) is 32.0 Å². The van der Waals surface area contributed by atoms with E-state index in [1.54, 1.807) is 24.3 Å². The topological polar surface area (TPSA) is 35.5 Å². The first-order valence-corrected chi connectivity index (χ1v) is 7.95. The third kappa shape index (κ3) is 6.87. The standard InChI is InChI=1S/C19H19F3O3/c20-19(21,22)18(23)8-4-5-13-24-16-9-11-17(12-10-16)25-14-15-6-2-1-3-7-15/h1-3,6-7,9-12H,4-5,8,13-14H2. The van der Waals surface area contributed by atoms with Crippen LogP contribution < -0.4 is 9.47 Å². The molecule has 0 unspecified atom stereocenters. The largest absolute Gasteiger partial charge is 0.494 e. The van der Waals surface area contributed by atoms with Crippen molar-refractivity contribution < 1.29 is 27.4 Å². The van der Waals surface area contributed by atoms with E-state index in [-0.39, 0.29) is 13.0 Å². The second-order valence-electron chi connectivity index (χ2n) is 5.47. The zero-order chi connectivity index (χ0) is 18.1. The van der Waals surface area contributed by atoms with E-state index in [0.717, 1.165) is 5.56 Å². The van der Waals surface area contributed by atoms with E-state index < -0.39 is 18.4 Å². The molecule has 2 rings (SSSR count). The number of ketones is 1. The number of alkyl halides is 3. The van der Waals surface area contributed by atoms with Gasteiger partial charge in [-0.3, -0.25) is 4.79 Å². The average molecular weight is 352 g/mol. The number of rotatable bonds is 9. The number of hydrogen-bond acceptors (Lipinski definition) is 3. The predicted molar refractivity (Wildman–Crippen MR) is 87.6 cm³/mol. The molecular formula is C19H19F3O3. The molecule has 0 spiro atoms. The van der Waals surface area contributed by atoms with E-state index in [1.165, 1.54) is 0 Å². The molecule has 0 atom stereocenters. The van der Waals surface area contributed by atoms with Gasteiger partial charge in [-0.1, -0.05) is 30.3 Å². The van der Waals surface area contributed by atoms with E-state index >= 15 is 0 Å². The maximum Gasteiger partial charge on any atom is 0.449 e. The summed E-state index contributed by atoms with van der Waals surface area (Å²) < 4.78 is 47.2. The fourth-order valence-corrected chi connectivity index (χ4v) is 2.09. The van der Waals surface area contributed by atoms with Crippen LogP contribution in [0.4, 0.5) is 13.2 Å². The molecule has 0 amide bonds. The Morgan fingerprint density at radius 3 is 2.04 bits per heavy atom. The van der Waals surface area contributed by atoms with E-state index in [4.69, 9.17) is 9.47 Å². The van der Waals surface area contributed by atoms with Crippen molar-refractivity contribution in [3.63, 3.8) is 0 Å². The SMILES string of the molecule is O=C(CCCCOc1ccc(OCc2ccccc2)cc1)C(F)(F)F. The van der Waals surface area contributed by atoms with Gasteiger partial charge in [0, 0.05) is 6.42 Å². The molecule has 0 aromatic heterocycles. The van der Waals surface area contributed by atoms with Crippen LogP contribution in [0.25, 0.3) is 0 Å². The van der Waals surface area contributed by atoms with Crippen LogP contribution in [-0.2, 0) is 11.4 Å². The summed E-state index contributed by atoms with van der Waals surface area (Å²) in [6.45, 7) is 0.726. The predicted octanol–water partition coefficient (Wildman–Crippen LogP) is 4.95. The van der Waals surface area contributed by atoms with E-state index in [1.807, 2.05) is 30.3 Å². The zero-order valence-corrected chi connectivity index (χ0v) is 13.6. The summed E-state index contributed by atoms with van der Waals surface area (Å²) in [7, 11) is 0. The third-order valence-corrected chi connectivity index (χ3v) is 3.46. The van der Waals surface area contributed by atoms with Gasteiger partial charge in [-0.05, 0) is 42.7 Å². The molecule has 0 saturated carbocycles. The van der Waals surface area contributed by atoms with E-state index in [0.29, 0.717) is 24.5 Å². The number of unbranched alkanes of at least 4 members (excludes halogenated alkanes) is 1. The van der Waals surface area contributed by atoms with Crippen LogP contribution in [0.15, 0.2) is 54.6 Å². The molecule has 0 aliphatic carbocycles. The first-order valence-electron chi connectivity index (χ1n) is 7.95. The van der Waals surface area contributed by atoms with Crippen LogP contribution in [0.5, 0.6) is 11.5 Å². The molecule has 0 aliphatic heterocycles. The van der Waals surface area contributed by atoms with Gasteiger partial charge in [0.15, 0.2) is 0 Å². The lowest BCUT2D eigenvalue weighted by Crippen LogP contribution is -2.22. The Morgan fingerprint density at radius 2 is 1.44 bits per heavy atom. The van der Waals surface area contributed by atoms with Gasteiger partial charge in [-0.15, -0.1) is 0 Å². The number of halogens is 3. The molecule has 25 heavy (non-hydrogen) atoms. The second-order valence-corrected chi connectivity index (χ2v) is 5.47. The van der Waals surface area contributed by atoms with Crippen LogP contribution in [0, 0.1) is 0 Å². The van der Waals surface area contributed by atoms with Gasteiger partial charge in [0.1, 0.15) is 18.1 Å². The van der Waals surface area contributed by atoms with Crippen LogP contribution in [-0.4, -0.2) is 18.6 Å². The summed E-state index contributed by atoms with van der Waals surface area (Å²) in [6.07, 6.45) is -4.71. The lowest BCUT2D eigenvalue weighted by atomic mass is 10.2. The van der Waals surface area contributed by atoms with E-state index in [9.17, 15) is 18.0 Å². The Morgan fingerprint density at radius 1 is 0.840 bits per heavy atom. The maximum atomic E-state index is 12.0. The average Bonchev–Trinajstić information content (AvgIpc) is 2.60. The Balaban J connectivity index is 1.66. The first-order chi connectivity index (χ1) is 11.9. The van der Waals surface area contributed by atoms with Gasteiger partial charge in [-0.2, -0.15) is 13.2 Å². The van der Waals surface area contributed by atoms with Crippen molar-refractivity contribution >= 4 is 5.78 Å². The molecule has 6 heteroatoms. The van der Waals surface area contributed by atoms with Crippen LogP contribution in [0.2, 0.25) is 0 Å². The molecular weight excluding hydrogens is 333 g/mol. The number of carbonyl (C=O) groups excluding carboxylic acids is 1. The molecule has 2 aromatic carbocycles. The van der Waals surface area contributed by atoms with Crippen LogP contribution >= 0.6 is 0 Å². The van der Waals surface area contributed by atoms with Crippen molar-refractivity contribution in [2.75, 3.05) is 6.61 Å². The maximum absolute atomic E-state index is 12.0. The molecule has 0 fully saturated rings. The minimum Gasteiger partial charge on any atom is -0.494 e. The van der Waals surface area contributed by atoms with Crippen molar-refractivity contribution in [2.24, 2.45) is 0 Å². The lowest BCUT2D eigenvalue weighted by Gasteiger charge is -2.09. The number of carbonyl (C=O) groups is 1. The number of ether oxygens (including phenoxy) is 2. The smallest absolute Gasteiger partial charge is 0.449 e. The summed E-state index contributed by atoms with van der Waals surface area (Å²) in [5.41, 5.74) is 1.07. The van der Waals surface area contributed by atoms with Gasteiger partial charge in [0.05, 0.1) is 6.61 Å². The van der Waals surface area contributed by atoms with E-state index in [2.05, 4.69) is 0 Å². The fraction of sp³-hybridized carbons (Fsp3) is 0.316. The normalized spacial score (nSPS) is 11.2. The summed E-state index contributed by atoms with van der Waals surface area (Å²) in [4.78, 5) is 10.7. The van der Waals surface area contributed by atoms with Gasteiger partial charge in [0.2, 0.25) is 5.78 Å². The molecule has 134 valence electrons. The van der Waals surface area contributed by atoms with Gasteiger partial charge >= 0.3 is 6.18 Å². The van der Waals surface area contributed by atoms with Gasteiger partial charge < -0.3 is 9.47 Å². The molecule has 0 N–H and O–H groups in total. The molecule has 2 aromatic rings. The second kappa shape index (κ2) is 9.11. The summed E-state index contributed by atoms with van der Waals surface area (Å²) in [5, 5.41) is 0. The molecule has 0 radical (unpaired) electrons. The highest BCUT2D eigenvalue weighted by atomic mass is 19.4. The molecule has 0 bridgehead atoms. The van der Waals surface area contributed by atoms with Crippen LogP contribution in [0.3, 0.4) is 0 Å². The molecule has 3 nitrogen and oxygen atoms in total. The van der Waals surface area contributed by atoms with Crippen LogP contribution in [0.1, 0.15) is 24.8 Å². The highest BCUT2D eigenvalue weighted by molar-refractivity contribution is 5.83. The minimum atomic E-state index is -4.74. The highest BCUT2D eigenvalue weighted by Gasteiger charge is 2.37. The molecule has 0 aliphatic rings. The Hall–Kier alpha value is -2.50. The van der Waals surface area contributed by atoms with Crippen molar-refractivity contribution in [3.05, 3.63) is 60.2 Å².